The Bertz CT molecular complexity index is 976. The monoisotopic (exact) mass is 300 g/mol. The van der Waals surface area contributed by atoms with E-state index in [9.17, 15) is 4.79 Å². The molecule has 110 valence electrons. The number of fused-ring (bicyclic) bond motifs is 1. The molecule has 0 saturated heterocycles. The van der Waals surface area contributed by atoms with Gasteiger partial charge in [-0.15, -0.1) is 0 Å². The van der Waals surface area contributed by atoms with Crippen LogP contribution in [0.2, 0.25) is 0 Å². The Labute approximate surface area is 132 Å². The number of ketones is 1. The van der Waals surface area contributed by atoms with Crippen molar-refractivity contribution >= 4 is 17.0 Å². The van der Waals surface area contributed by atoms with Crippen molar-refractivity contribution in [3.63, 3.8) is 0 Å². The van der Waals surface area contributed by atoms with E-state index in [-0.39, 0.29) is 5.78 Å². The van der Waals surface area contributed by atoms with Crippen LogP contribution in [-0.4, -0.2) is 15.8 Å². The predicted octanol–water partition coefficient (Wildman–Crippen LogP) is 4.12. The van der Waals surface area contributed by atoms with Gasteiger partial charge < -0.3 is 4.42 Å². The van der Waals surface area contributed by atoms with Gasteiger partial charge in [-0.3, -0.25) is 4.79 Å². The van der Waals surface area contributed by atoms with Gasteiger partial charge in [-0.2, -0.15) is 0 Å². The summed E-state index contributed by atoms with van der Waals surface area (Å²) in [6.07, 6.45) is 1.57. The summed E-state index contributed by atoms with van der Waals surface area (Å²) in [5.74, 6) is 0.368. The van der Waals surface area contributed by atoms with Crippen LogP contribution >= 0.6 is 0 Å². The molecule has 0 unspecified atom stereocenters. The van der Waals surface area contributed by atoms with Gasteiger partial charge >= 0.3 is 0 Å². The zero-order valence-corrected chi connectivity index (χ0v) is 12.1. The van der Waals surface area contributed by atoms with E-state index in [2.05, 4.69) is 9.97 Å². The fraction of sp³-hybridized carbons (Fsp3) is 0. The summed E-state index contributed by atoms with van der Waals surface area (Å²) in [6.45, 7) is 0. The van der Waals surface area contributed by atoms with Crippen LogP contribution < -0.4 is 0 Å². The number of benzene rings is 2. The molecule has 0 aliphatic rings. The molecular weight excluding hydrogens is 288 g/mol. The fourth-order valence-electron chi connectivity index (χ4n) is 2.47. The maximum atomic E-state index is 12.7. The summed E-state index contributed by atoms with van der Waals surface area (Å²) < 4.78 is 5.71. The summed E-state index contributed by atoms with van der Waals surface area (Å²) in [4.78, 5) is 21.4. The number of oxazole rings is 1. The minimum atomic E-state index is -0.0917. The summed E-state index contributed by atoms with van der Waals surface area (Å²) >= 11 is 0. The SMILES string of the molecule is O=C(c1ccccc1)c1ccnc2oc(-c3ccccc3)nc12. The number of pyridine rings is 1. The Hall–Kier alpha value is -3.27. The van der Waals surface area contributed by atoms with E-state index in [4.69, 9.17) is 4.42 Å². The van der Waals surface area contributed by atoms with Crippen LogP contribution in [0.4, 0.5) is 0 Å². The van der Waals surface area contributed by atoms with Crippen LogP contribution in [0, 0.1) is 0 Å². The molecule has 0 aliphatic carbocycles. The fourth-order valence-corrected chi connectivity index (χ4v) is 2.47. The quantitative estimate of drug-likeness (QED) is 0.534. The standard InChI is InChI=1S/C19H12N2O2/c22-17(13-7-3-1-4-8-13)15-11-12-20-19-16(15)21-18(23-19)14-9-5-2-6-10-14/h1-12H. The first kappa shape index (κ1) is 13.4. The molecule has 0 atom stereocenters. The van der Waals surface area contributed by atoms with E-state index in [1.54, 1.807) is 24.4 Å². The van der Waals surface area contributed by atoms with Gasteiger partial charge in [0.1, 0.15) is 5.52 Å². The van der Waals surface area contributed by atoms with Crippen molar-refractivity contribution in [2.24, 2.45) is 0 Å². The van der Waals surface area contributed by atoms with E-state index < -0.39 is 0 Å². The molecule has 4 heteroatoms. The van der Waals surface area contributed by atoms with Crippen LogP contribution in [0.25, 0.3) is 22.7 Å². The van der Waals surface area contributed by atoms with Crippen molar-refractivity contribution in [1.29, 1.82) is 0 Å². The zero-order valence-electron chi connectivity index (χ0n) is 12.1. The van der Waals surface area contributed by atoms with Gasteiger partial charge in [-0.05, 0) is 18.2 Å². The van der Waals surface area contributed by atoms with E-state index in [1.165, 1.54) is 0 Å². The third kappa shape index (κ3) is 2.40. The minimum Gasteiger partial charge on any atom is -0.418 e. The Morgan fingerprint density at radius 2 is 1.57 bits per heavy atom. The molecule has 0 fully saturated rings. The highest BCUT2D eigenvalue weighted by Crippen LogP contribution is 2.26. The first-order valence-corrected chi connectivity index (χ1v) is 7.23. The summed E-state index contributed by atoms with van der Waals surface area (Å²) in [7, 11) is 0. The third-order valence-electron chi connectivity index (χ3n) is 3.60. The van der Waals surface area contributed by atoms with Gasteiger partial charge in [0.05, 0.1) is 5.56 Å². The van der Waals surface area contributed by atoms with Gasteiger partial charge in [0.2, 0.25) is 11.6 Å². The molecule has 2 heterocycles. The van der Waals surface area contributed by atoms with Gasteiger partial charge in [-0.25, -0.2) is 9.97 Å². The second kappa shape index (κ2) is 5.50. The first-order valence-electron chi connectivity index (χ1n) is 7.23. The van der Waals surface area contributed by atoms with Gasteiger partial charge in [0.25, 0.3) is 0 Å². The highest BCUT2D eigenvalue weighted by molar-refractivity contribution is 6.14. The smallest absolute Gasteiger partial charge is 0.248 e. The lowest BCUT2D eigenvalue weighted by Gasteiger charge is -2.00. The highest BCUT2D eigenvalue weighted by Gasteiger charge is 2.18. The van der Waals surface area contributed by atoms with Crippen molar-refractivity contribution < 1.29 is 9.21 Å². The third-order valence-corrected chi connectivity index (χ3v) is 3.60. The summed E-state index contributed by atoms with van der Waals surface area (Å²) in [6, 6.07) is 20.4. The number of rotatable bonds is 3. The largest absolute Gasteiger partial charge is 0.418 e. The first-order chi connectivity index (χ1) is 11.3. The van der Waals surface area contributed by atoms with Crippen LogP contribution in [0.3, 0.4) is 0 Å². The molecule has 0 aliphatic heterocycles. The minimum absolute atomic E-state index is 0.0917. The molecule has 0 radical (unpaired) electrons. The van der Waals surface area contributed by atoms with Crippen molar-refractivity contribution in [3.8, 4) is 11.5 Å². The Morgan fingerprint density at radius 3 is 2.30 bits per heavy atom. The van der Waals surface area contributed by atoms with Gasteiger partial charge in [-0.1, -0.05) is 48.5 Å². The number of aromatic nitrogens is 2. The van der Waals surface area contributed by atoms with Crippen LogP contribution in [0.15, 0.2) is 77.3 Å². The van der Waals surface area contributed by atoms with Crippen LogP contribution in [0.5, 0.6) is 0 Å². The summed E-state index contributed by atoms with van der Waals surface area (Å²) in [5.41, 5.74) is 2.81. The average molecular weight is 300 g/mol. The van der Waals surface area contributed by atoms with E-state index in [1.807, 2.05) is 48.5 Å². The molecule has 0 spiro atoms. The molecule has 0 amide bonds. The second-order valence-corrected chi connectivity index (χ2v) is 5.09. The van der Waals surface area contributed by atoms with E-state index >= 15 is 0 Å². The summed E-state index contributed by atoms with van der Waals surface area (Å²) in [5, 5.41) is 0. The lowest BCUT2D eigenvalue weighted by Crippen LogP contribution is -2.02. The molecule has 4 nitrogen and oxygen atoms in total. The number of carbonyl (C=O) groups excluding carboxylic acids is 1. The van der Waals surface area contributed by atoms with E-state index in [0.29, 0.717) is 28.2 Å². The van der Waals surface area contributed by atoms with Crippen LogP contribution in [0.1, 0.15) is 15.9 Å². The molecular formula is C19H12N2O2. The van der Waals surface area contributed by atoms with Crippen molar-refractivity contribution in [2.45, 2.75) is 0 Å². The molecule has 23 heavy (non-hydrogen) atoms. The van der Waals surface area contributed by atoms with Gasteiger partial charge in [0, 0.05) is 17.3 Å². The Kier molecular flexibility index (Phi) is 3.20. The molecule has 0 saturated carbocycles. The molecule has 4 rings (SSSR count). The number of nitrogens with zero attached hydrogens (tertiary/aromatic N) is 2. The van der Waals surface area contributed by atoms with Crippen LogP contribution in [-0.2, 0) is 0 Å². The zero-order chi connectivity index (χ0) is 15.6. The average Bonchev–Trinajstić information content (AvgIpc) is 3.07. The maximum absolute atomic E-state index is 12.7. The second-order valence-electron chi connectivity index (χ2n) is 5.09. The Balaban J connectivity index is 1.85. The molecule has 0 N–H and O–H groups in total. The Morgan fingerprint density at radius 1 is 0.870 bits per heavy atom. The topological polar surface area (TPSA) is 56.0 Å². The number of hydrogen-bond acceptors (Lipinski definition) is 4. The number of carbonyl (C=O) groups is 1. The van der Waals surface area contributed by atoms with Gasteiger partial charge in [0.15, 0.2) is 5.78 Å². The lowest BCUT2D eigenvalue weighted by molar-refractivity contribution is 0.104. The molecule has 2 aromatic carbocycles. The molecule has 4 aromatic rings. The van der Waals surface area contributed by atoms with Crippen molar-refractivity contribution in [2.75, 3.05) is 0 Å². The van der Waals surface area contributed by atoms with Crippen molar-refractivity contribution in [1.82, 2.24) is 9.97 Å². The number of hydrogen-bond donors (Lipinski definition) is 0. The molecule has 0 bridgehead atoms. The predicted molar refractivity (Wildman–Crippen MR) is 87.1 cm³/mol. The molecule has 2 aromatic heterocycles. The maximum Gasteiger partial charge on any atom is 0.248 e. The lowest BCUT2D eigenvalue weighted by atomic mass is 10.0. The normalized spacial score (nSPS) is 10.8. The van der Waals surface area contributed by atoms with Crippen molar-refractivity contribution in [3.05, 3.63) is 84.1 Å². The highest BCUT2D eigenvalue weighted by atomic mass is 16.4. The van der Waals surface area contributed by atoms with E-state index in [0.717, 1.165) is 5.56 Å².